The van der Waals surface area contributed by atoms with E-state index in [0.717, 1.165) is 45.3 Å². The van der Waals surface area contributed by atoms with Gasteiger partial charge in [-0.15, -0.1) is 22.7 Å². The zero-order valence-corrected chi connectivity index (χ0v) is 26.6. The highest BCUT2D eigenvalue weighted by molar-refractivity contribution is 7.26. The molecule has 46 heavy (non-hydrogen) atoms. The monoisotopic (exact) mass is 632 g/mol. The average Bonchev–Trinajstić information content (AvgIpc) is 3.81. The van der Waals surface area contributed by atoms with Crippen LogP contribution < -0.4 is 14.5 Å². The number of anilines is 4. The molecule has 1 aliphatic heterocycles. The summed E-state index contributed by atoms with van der Waals surface area (Å²) in [4.78, 5) is 11.4. The van der Waals surface area contributed by atoms with Crippen LogP contribution in [0.1, 0.15) is 0 Å². The number of rotatable bonds is 6. The van der Waals surface area contributed by atoms with Crippen LogP contribution in [0.4, 0.5) is 22.7 Å². The van der Waals surface area contributed by atoms with Gasteiger partial charge in [-0.1, -0.05) is 60.7 Å². The third kappa shape index (κ3) is 4.55. The fourth-order valence-electron chi connectivity index (χ4n) is 6.33. The van der Waals surface area contributed by atoms with Gasteiger partial charge in [-0.05, 0) is 48.5 Å². The summed E-state index contributed by atoms with van der Waals surface area (Å²) in [6, 6.07) is 42.9. The summed E-state index contributed by atoms with van der Waals surface area (Å²) in [5.74, 6) is 1.37. The Hall–Kier alpha value is -5.37. The van der Waals surface area contributed by atoms with Gasteiger partial charge in [0.25, 0.3) is 0 Å². The summed E-state index contributed by atoms with van der Waals surface area (Å²) in [6.07, 6.45) is 6.06. The molecule has 0 atom stereocenters. The van der Waals surface area contributed by atoms with Crippen molar-refractivity contribution >= 4 is 85.8 Å². The minimum atomic E-state index is 0.573. The Balaban J connectivity index is 1.35. The third-order valence-corrected chi connectivity index (χ3v) is 10.9. The number of aromatic nitrogens is 1. The first-order valence-electron chi connectivity index (χ1n) is 15.2. The highest BCUT2D eigenvalue weighted by Gasteiger charge is 2.24. The first-order valence-corrected chi connectivity index (χ1v) is 16.8. The molecule has 4 heterocycles. The normalized spacial score (nSPS) is 13.1. The van der Waals surface area contributed by atoms with Crippen LogP contribution in [0.2, 0.25) is 0 Å². The molecule has 222 valence electrons. The number of hydrogen-bond acceptors (Lipinski definition) is 7. The van der Waals surface area contributed by atoms with Crippen molar-refractivity contribution in [2.75, 3.05) is 23.5 Å². The molecule has 9 rings (SSSR count). The van der Waals surface area contributed by atoms with Crippen LogP contribution in [0.3, 0.4) is 0 Å². The molecular weight excluding hydrogens is 605 g/mol. The van der Waals surface area contributed by atoms with Crippen LogP contribution in [-0.2, 0) is 0 Å². The largest absolute Gasteiger partial charge is 0.437 e. The first-order chi connectivity index (χ1) is 22.7. The second-order valence-corrected chi connectivity index (χ2v) is 13.6. The lowest BCUT2D eigenvalue weighted by Gasteiger charge is -2.28. The molecule has 0 saturated heterocycles. The van der Waals surface area contributed by atoms with Gasteiger partial charge in [-0.25, -0.2) is 4.98 Å². The molecule has 5 aromatic carbocycles. The van der Waals surface area contributed by atoms with Crippen molar-refractivity contribution in [2.45, 2.75) is 0 Å². The molecular formula is C39H28N4OS2. The zero-order chi connectivity index (χ0) is 30.6. The van der Waals surface area contributed by atoms with Crippen molar-refractivity contribution in [3.05, 3.63) is 140 Å². The molecule has 0 spiro atoms. The number of thiophene rings is 2. The predicted octanol–water partition coefficient (Wildman–Crippen LogP) is 11.3. The van der Waals surface area contributed by atoms with Gasteiger partial charge in [0.05, 0.1) is 27.4 Å². The van der Waals surface area contributed by atoms with E-state index < -0.39 is 0 Å². The van der Waals surface area contributed by atoms with E-state index in [-0.39, 0.29) is 0 Å². The summed E-state index contributed by atoms with van der Waals surface area (Å²) in [5, 5.41) is 4.91. The lowest BCUT2D eigenvalue weighted by atomic mass is 10.1. The summed E-state index contributed by atoms with van der Waals surface area (Å²) in [7, 11) is 2.11. The van der Waals surface area contributed by atoms with E-state index in [9.17, 15) is 0 Å². The zero-order valence-electron chi connectivity index (χ0n) is 25.0. The SMILES string of the molecule is CN1C=CN(c2cc(N(c3ccccc3)c3cc(Oc4ccccn4)c4sc5ccccc5c4c3)c3sc4ccccc4c3c2)C1. The summed E-state index contributed by atoms with van der Waals surface area (Å²) in [6.45, 7) is 0.799. The van der Waals surface area contributed by atoms with Gasteiger partial charge in [0, 0.05) is 80.1 Å². The Kier molecular flexibility index (Phi) is 6.40. The molecule has 0 N–H and O–H groups in total. The van der Waals surface area contributed by atoms with Crippen molar-refractivity contribution in [3.8, 4) is 11.6 Å². The maximum atomic E-state index is 6.59. The predicted molar refractivity (Wildman–Crippen MR) is 195 cm³/mol. The van der Waals surface area contributed by atoms with Crippen molar-refractivity contribution < 1.29 is 4.74 Å². The molecule has 0 amide bonds. The van der Waals surface area contributed by atoms with Gasteiger partial charge in [-0.3, -0.25) is 0 Å². The van der Waals surface area contributed by atoms with E-state index in [4.69, 9.17) is 4.74 Å². The second kappa shape index (κ2) is 10.9. The van der Waals surface area contributed by atoms with E-state index in [1.54, 1.807) is 17.5 Å². The Morgan fingerprint density at radius 2 is 1.35 bits per heavy atom. The maximum Gasteiger partial charge on any atom is 0.219 e. The van der Waals surface area contributed by atoms with Crippen molar-refractivity contribution in [1.82, 2.24) is 9.88 Å². The first kappa shape index (κ1) is 27.0. The Labute approximate surface area is 274 Å². The fourth-order valence-corrected chi connectivity index (χ4v) is 8.66. The molecule has 0 saturated carbocycles. The van der Waals surface area contributed by atoms with Crippen LogP contribution in [0, 0.1) is 0 Å². The number of para-hydroxylation sites is 1. The lowest BCUT2D eigenvalue weighted by Crippen LogP contribution is -2.22. The van der Waals surface area contributed by atoms with Crippen LogP contribution >= 0.6 is 22.7 Å². The number of hydrogen-bond donors (Lipinski definition) is 0. The molecule has 0 bridgehead atoms. The minimum Gasteiger partial charge on any atom is -0.437 e. The lowest BCUT2D eigenvalue weighted by molar-refractivity contribution is 0.469. The van der Waals surface area contributed by atoms with Crippen LogP contribution in [0.15, 0.2) is 140 Å². The van der Waals surface area contributed by atoms with Gasteiger partial charge in [0.2, 0.25) is 5.88 Å². The standard InChI is InChI=1S/C39H28N4OS2/c1-41-19-20-42(25-41)27-21-31-29-13-5-7-15-35(29)45-38(31)33(23-27)43(26-11-3-2-4-12-26)28-22-32-30-14-6-8-16-36(30)46-39(32)34(24-28)44-37-17-9-10-18-40-37/h2-24H,25H2,1H3. The molecule has 3 aromatic heterocycles. The quantitative estimate of drug-likeness (QED) is 0.182. The molecule has 0 fully saturated rings. The summed E-state index contributed by atoms with van der Waals surface area (Å²) in [5.41, 5.74) is 4.39. The molecule has 0 aliphatic carbocycles. The van der Waals surface area contributed by atoms with Gasteiger partial charge < -0.3 is 19.4 Å². The van der Waals surface area contributed by atoms with Crippen LogP contribution in [0.25, 0.3) is 40.3 Å². The number of fused-ring (bicyclic) bond motifs is 6. The second-order valence-electron chi connectivity index (χ2n) is 11.5. The minimum absolute atomic E-state index is 0.573. The van der Waals surface area contributed by atoms with E-state index in [0.29, 0.717) is 5.88 Å². The number of pyridine rings is 1. The smallest absolute Gasteiger partial charge is 0.219 e. The van der Waals surface area contributed by atoms with E-state index in [1.807, 2.05) is 29.5 Å². The number of benzene rings is 5. The molecule has 0 radical (unpaired) electrons. The van der Waals surface area contributed by atoms with E-state index >= 15 is 0 Å². The van der Waals surface area contributed by atoms with Gasteiger partial charge >= 0.3 is 0 Å². The Morgan fingerprint density at radius 1 is 0.652 bits per heavy atom. The average molecular weight is 633 g/mol. The third-order valence-electron chi connectivity index (χ3n) is 8.45. The Bertz CT molecular complexity index is 2420. The topological polar surface area (TPSA) is 31.8 Å². The number of ether oxygens (including phenoxy) is 1. The molecule has 1 aliphatic rings. The van der Waals surface area contributed by atoms with Crippen molar-refractivity contribution in [3.63, 3.8) is 0 Å². The summed E-state index contributed by atoms with van der Waals surface area (Å²) >= 11 is 3.60. The molecule has 5 nitrogen and oxygen atoms in total. The molecule has 7 heteroatoms. The number of nitrogens with zero attached hydrogens (tertiary/aromatic N) is 4. The van der Waals surface area contributed by atoms with Crippen molar-refractivity contribution in [1.29, 1.82) is 0 Å². The van der Waals surface area contributed by atoms with Crippen LogP contribution in [0.5, 0.6) is 11.6 Å². The van der Waals surface area contributed by atoms with E-state index in [2.05, 4.69) is 142 Å². The van der Waals surface area contributed by atoms with Gasteiger partial charge in [0.1, 0.15) is 5.75 Å². The van der Waals surface area contributed by atoms with Gasteiger partial charge in [0.15, 0.2) is 0 Å². The molecule has 8 aromatic rings. The summed E-state index contributed by atoms with van der Waals surface area (Å²) < 4.78 is 11.4. The van der Waals surface area contributed by atoms with Gasteiger partial charge in [-0.2, -0.15) is 0 Å². The Morgan fingerprint density at radius 3 is 2.07 bits per heavy atom. The highest BCUT2D eigenvalue weighted by Crippen LogP contribution is 2.50. The van der Waals surface area contributed by atoms with Crippen molar-refractivity contribution in [2.24, 2.45) is 0 Å². The fraction of sp³-hybridized carbons (Fsp3) is 0.0513. The van der Waals surface area contributed by atoms with Crippen LogP contribution in [-0.4, -0.2) is 23.6 Å². The molecule has 0 unspecified atom stereocenters. The van der Waals surface area contributed by atoms with E-state index in [1.165, 1.54) is 30.3 Å². The maximum absolute atomic E-state index is 6.59. The highest BCUT2D eigenvalue weighted by atomic mass is 32.1.